The fourth-order valence-corrected chi connectivity index (χ4v) is 1.89. The van der Waals surface area contributed by atoms with Crippen LogP contribution in [-0.4, -0.2) is 22.0 Å². The Labute approximate surface area is 96.3 Å². The zero-order valence-electron chi connectivity index (χ0n) is 9.27. The molecule has 0 unspecified atom stereocenters. The van der Waals surface area contributed by atoms with Gasteiger partial charge >= 0.3 is 5.97 Å². The highest BCUT2D eigenvalue weighted by Gasteiger charge is 2.22. The summed E-state index contributed by atoms with van der Waals surface area (Å²) >= 11 is 0. The van der Waals surface area contributed by atoms with Crippen molar-refractivity contribution in [1.29, 1.82) is 0 Å². The molecule has 17 heavy (non-hydrogen) atoms. The van der Waals surface area contributed by atoms with Gasteiger partial charge in [-0.05, 0) is 26.0 Å². The van der Waals surface area contributed by atoms with Crippen LogP contribution in [0.5, 0.6) is 5.75 Å². The number of ketones is 1. The molecule has 88 valence electrons. The molecule has 2 aromatic rings. The van der Waals surface area contributed by atoms with E-state index in [1.54, 1.807) is 6.92 Å². The van der Waals surface area contributed by atoms with Crippen molar-refractivity contribution >= 4 is 22.7 Å². The number of rotatable bonds is 2. The smallest absolute Gasteiger partial charge is 0.372 e. The van der Waals surface area contributed by atoms with Crippen LogP contribution < -0.4 is 0 Å². The summed E-state index contributed by atoms with van der Waals surface area (Å²) in [4.78, 5) is 22.4. The zero-order valence-corrected chi connectivity index (χ0v) is 9.27. The van der Waals surface area contributed by atoms with Gasteiger partial charge in [0.25, 0.3) is 0 Å². The van der Waals surface area contributed by atoms with E-state index < -0.39 is 5.97 Å². The van der Waals surface area contributed by atoms with Crippen LogP contribution in [-0.2, 0) is 0 Å². The van der Waals surface area contributed by atoms with Crippen LogP contribution in [0.25, 0.3) is 11.0 Å². The molecule has 2 rings (SSSR count). The number of phenolic OH excluding ortho intramolecular Hbond substituents is 1. The van der Waals surface area contributed by atoms with E-state index in [1.165, 1.54) is 19.1 Å². The van der Waals surface area contributed by atoms with E-state index in [0.29, 0.717) is 10.9 Å². The number of aryl methyl sites for hydroxylation is 1. The molecular formula is C12H10O5. The highest BCUT2D eigenvalue weighted by atomic mass is 16.4. The molecule has 5 nitrogen and oxygen atoms in total. The summed E-state index contributed by atoms with van der Waals surface area (Å²) < 4.78 is 5.14. The number of fused-ring (bicyclic) bond motifs is 1. The quantitative estimate of drug-likeness (QED) is 0.778. The van der Waals surface area contributed by atoms with E-state index in [0.717, 1.165) is 0 Å². The van der Waals surface area contributed by atoms with Gasteiger partial charge in [-0.25, -0.2) is 4.79 Å². The minimum Gasteiger partial charge on any atom is -0.507 e. The number of carboxylic acids is 1. The van der Waals surface area contributed by atoms with Crippen molar-refractivity contribution in [3.05, 3.63) is 29.0 Å². The molecule has 0 aliphatic rings. The van der Waals surface area contributed by atoms with Gasteiger partial charge < -0.3 is 14.6 Å². The predicted octanol–water partition coefficient (Wildman–Crippen LogP) is 2.35. The summed E-state index contributed by atoms with van der Waals surface area (Å²) in [7, 11) is 0. The number of hydrogen-bond acceptors (Lipinski definition) is 4. The van der Waals surface area contributed by atoms with Crippen molar-refractivity contribution in [2.24, 2.45) is 0 Å². The number of carbonyl (C=O) groups excluding carboxylic acids is 1. The monoisotopic (exact) mass is 234 g/mol. The Morgan fingerprint density at radius 2 is 1.94 bits per heavy atom. The number of aromatic hydroxyl groups is 1. The fraction of sp³-hybridized carbons (Fsp3) is 0.167. The fourth-order valence-electron chi connectivity index (χ4n) is 1.89. The Kier molecular flexibility index (Phi) is 2.38. The second-order valence-corrected chi connectivity index (χ2v) is 3.75. The number of furan rings is 1. The highest BCUT2D eigenvalue weighted by Crippen LogP contribution is 2.33. The lowest BCUT2D eigenvalue weighted by molar-refractivity contribution is 0.0663. The third kappa shape index (κ3) is 1.56. The number of carboxylic acid groups (broad SMARTS) is 1. The molecule has 1 aromatic heterocycles. The van der Waals surface area contributed by atoms with E-state index >= 15 is 0 Å². The normalized spacial score (nSPS) is 10.7. The van der Waals surface area contributed by atoms with Crippen molar-refractivity contribution in [1.82, 2.24) is 0 Å². The molecule has 5 heteroatoms. The van der Waals surface area contributed by atoms with E-state index in [2.05, 4.69) is 0 Å². The lowest BCUT2D eigenvalue weighted by Crippen LogP contribution is -1.97. The molecule has 1 heterocycles. The Morgan fingerprint density at radius 1 is 1.29 bits per heavy atom. The maximum Gasteiger partial charge on any atom is 0.372 e. The average Bonchev–Trinajstić information content (AvgIpc) is 2.56. The maximum absolute atomic E-state index is 11.5. The van der Waals surface area contributed by atoms with Crippen molar-refractivity contribution in [3.8, 4) is 5.75 Å². The molecule has 2 N–H and O–H groups in total. The summed E-state index contributed by atoms with van der Waals surface area (Å²) in [6.45, 7) is 2.85. The van der Waals surface area contributed by atoms with Gasteiger partial charge in [-0.15, -0.1) is 0 Å². The van der Waals surface area contributed by atoms with Gasteiger partial charge in [0.15, 0.2) is 5.78 Å². The summed E-state index contributed by atoms with van der Waals surface area (Å²) in [6, 6.07) is 2.75. The molecule has 0 amide bonds. The Balaban J connectivity index is 2.94. The molecule has 0 fully saturated rings. The molecule has 1 aromatic carbocycles. The first kappa shape index (κ1) is 11.2. The van der Waals surface area contributed by atoms with Crippen molar-refractivity contribution in [3.63, 3.8) is 0 Å². The van der Waals surface area contributed by atoms with Gasteiger partial charge in [0.1, 0.15) is 11.3 Å². The van der Waals surface area contributed by atoms with Crippen LogP contribution in [0.3, 0.4) is 0 Å². The van der Waals surface area contributed by atoms with Gasteiger partial charge in [-0.1, -0.05) is 0 Å². The molecule has 0 radical (unpaired) electrons. The first-order chi connectivity index (χ1) is 7.93. The van der Waals surface area contributed by atoms with E-state index in [9.17, 15) is 14.7 Å². The van der Waals surface area contributed by atoms with Gasteiger partial charge in [-0.3, -0.25) is 4.79 Å². The number of Topliss-reactive ketones (excluding diaryl/α,β-unsaturated/α-hetero) is 1. The Morgan fingerprint density at radius 3 is 2.47 bits per heavy atom. The minimum atomic E-state index is -1.20. The number of aromatic carboxylic acids is 1. The van der Waals surface area contributed by atoms with E-state index in [-0.39, 0.29) is 28.4 Å². The van der Waals surface area contributed by atoms with E-state index in [1.807, 2.05) is 0 Å². The largest absolute Gasteiger partial charge is 0.507 e. The Bertz CT molecular complexity index is 636. The van der Waals surface area contributed by atoms with Crippen LogP contribution in [0.1, 0.15) is 33.4 Å². The molecule has 0 aliphatic carbocycles. The van der Waals surface area contributed by atoms with Gasteiger partial charge in [0.2, 0.25) is 5.76 Å². The molecule has 0 bridgehead atoms. The van der Waals surface area contributed by atoms with Crippen LogP contribution in [0.15, 0.2) is 16.5 Å². The zero-order chi connectivity index (χ0) is 12.7. The summed E-state index contributed by atoms with van der Waals surface area (Å²) in [5.41, 5.74) is 0.716. The van der Waals surface area contributed by atoms with E-state index in [4.69, 9.17) is 9.52 Å². The first-order valence-corrected chi connectivity index (χ1v) is 4.92. The molecule has 0 atom stereocenters. The molecule has 0 saturated carbocycles. The predicted molar refractivity (Wildman–Crippen MR) is 59.6 cm³/mol. The topological polar surface area (TPSA) is 87.7 Å². The van der Waals surface area contributed by atoms with Crippen LogP contribution in [0.2, 0.25) is 0 Å². The first-order valence-electron chi connectivity index (χ1n) is 4.92. The van der Waals surface area contributed by atoms with Gasteiger partial charge in [0.05, 0.1) is 5.56 Å². The summed E-state index contributed by atoms with van der Waals surface area (Å²) in [6.07, 6.45) is 0. The molecule has 0 saturated heterocycles. The minimum absolute atomic E-state index is 0.0938. The molecule has 0 aliphatic heterocycles. The van der Waals surface area contributed by atoms with Gasteiger partial charge in [0, 0.05) is 10.9 Å². The van der Waals surface area contributed by atoms with Crippen molar-refractivity contribution < 1.29 is 24.2 Å². The molecular weight excluding hydrogens is 224 g/mol. The lowest BCUT2D eigenvalue weighted by atomic mass is 10.0. The number of benzene rings is 1. The van der Waals surface area contributed by atoms with Gasteiger partial charge in [-0.2, -0.15) is 0 Å². The van der Waals surface area contributed by atoms with Crippen molar-refractivity contribution in [2.45, 2.75) is 13.8 Å². The summed E-state index contributed by atoms with van der Waals surface area (Å²) in [5, 5.41) is 18.9. The SMILES string of the molecule is CC(=O)c1c(O)ccc2oc(C(=O)O)c(C)c12. The second kappa shape index (κ2) is 3.62. The third-order valence-electron chi connectivity index (χ3n) is 2.62. The van der Waals surface area contributed by atoms with Crippen LogP contribution in [0, 0.1) is 6.92 Å². The number of hydrogen-bond donors (Lipinski definition) is 2. The summed E-state index contributed by atoms with van der Waals surface area (Å²) in [5.74, 6) is -1.93. The maximum atomic E-state index is 11.5. The number of phenols is 1. The Hall–Kier alpha value is -2.30. The van der Waals surface area contributed by atoms with Crippen molar-refractivity contribution in [2.75, 3.05) is 0 Å². The third-order valence-corrected chi connectivity index (χ3v) is 2.62. The standard InChI is InChI=1S/C12H10O5/c1-5-9-8(17-11(5)12(15)16)4-3-7(14)10(9)6(2)13/h3-4,14H,1-2H3,(H,15,16). The molecule has 0 spiro atoms. The van der Waals surface area contributed by atoms with Crippen LogP contribution in [0.4, 0.5) is 0 Å². The average molecular weight is 234 g/mol. The van der Waals surface area contributed by atoms with Crippen LogP contribution >= 0.6 is 0 Å². The second-order valence-electron chi connectivity index (χ2n) is 3.75. The lowest BCUT2D eigenvalue weighted by Gasteiger charge is -2.02. The highest BCUT2D eigenvalue weighted by molar-refractivity contribution is 6.11. The number of carbonyl (C=O) groups is 2.